The van der Waals surface area contributed by atoms with Crippen LogP contribution in [0.3, 0.4) is 0 Å². The molecule has 0 aromatic rings. The number of hydrogen-bond donors (Lipinski definition) is 0. The largest absolute Gasteiger partial charge is 0.462 e. The Morgan fingerprint density at radius 2 is 0.494 bits per heavy atom. The monoisotopic (exact) mass is 1090 g/mol. The molecule has 1 atom stereocenters. The number of allylic oxidation sites excluding steroid dienone is 22. The molecule has 0 N–H and O–H groups in total. The summed E-state index contributed by atoms with van der Waals surface area (Å²) in [4.78, 5) is 38.3. The molecule has 6 heteroatoms. The Morgan fingerprint density at radius 3 is 0.772 bits per heavy atom. The average Bonchev–Trinajstić information content (AvgIpc) is 3.45. The summed E-state index contributed by atoms with van der Waals surface area (Å²) in [6, 6.07) is 0. The number of ether oxygens (including phenoxy) is 3. The molecule has 0 rings (SSSR count). The van der Waals surface area contributed by atoms with E-state index in [0.29, 0.717) is 19.3 Å². The number of rotatable bonds is 58. The molecule has 0 fully saturated rings. The topological polar surface area (TPSA) is 78.9 Å². The number of unbranched alkanes of at least 4 members (excludes halogenated alkanes) is 25. The minimum Gasteiger partial charge on any atom is -0.462 e. The summed E-state index contributed by atoms with van der Waals surface area (Å²) in [5, 5.41) is 0. The molecule has 0 radical (unpaired) electrons. The Bertz CT molecular complexity index is 1680. The van der Waals surface area contributed by atoms with Gasteiger partial charge in [0.15, 0.2) is 6.10 Å². The van der Waals surface area contributed by atoms with Crippen molar-refractivity contribution in [3.63, 3.8) is 0 Å². The minimum atomic E-state index is -0.801. The smallest absolute Gasteiger partial charge is 0.306 e. The van der Waals surface area contributed by atoms with Crippen LogP contribution in [0.25, 0.3) is 0 Å². The number of carbonyl (C=O) groups is 3. The molecular weight excluding hydrogens is 973 g/mol. The summed E-state index contributed by atoms with van der Waals surface area (Å²) in [6.07, 6.45) is 93.3. The zero-order valence-electron chi connectivity index (χ0n) is 51.3. The normalized spacial score (nSPS) is 13.0. The molecule has 0 aromatic carbocycles. The highest BCUT2D eigenvalue weighted by Gasteiger charge is 2.19. The van der Waals surface area contributed by atoms with Crippen molar-refractivity contribution in [1.29, 1.82) is 0 Å². The summed E-state index contributed by atoms with van der Waals surface area (Å²) in [5.74, 6) is -0.930. The second kappa shape index (κ2) is 66.1. The SMILES string of the molecule is CC/C=C\C/C=C\C/C=C\C/C=C\C/C=C\CCCCCCCCCCCCCCCCCC(=O)OCC(COC(=O)CCCCCCC/C=C\C/C=C\CCC)OC(=O)CCCCCC/C=C\C/C=C\C/C=C\C/C=C\CC. The molecule has 79 heavy (non-hydrogen) atoms. The standard InChI is InChI=1S/C73H120O6/c1-4-7-10-13-16-19-22-25-27-29-30-31-32-33-34-35-36-37-38-39-40-41-42-44-45-48-51-54-57-60-63-66-72(75)78-69-70(68-77-71(74)65-62-59-56-53-50-47-24-21-18-15-12-9-6-3)79-73(76)67-64-61-58-55-52-49-46-43-28-26-23-20-17-14-11-8-5-2/h7-8,10-12,15-17,19-21,24-28,30-31,33-34,46,49,70H,4-6,9,13-14,18,22-23,29,32,35-45,47-48,50-69H2,1-3H3/b10-7-,11-8-,15-12-,19-16-,20-17-,24-21-,27-25-,28-26-,31-30-,34-33-,49-46-. The fraction of sp³-hybridized carbons (Fsp3) is 0.658. The average molecular weight is 1090 g/mol. The van der Waals surface area contributed by atoms with Crippen LogP contribution in [0, 0.1) is 0 Å². The van der Waals surface area contributed by atoms with Gasteiger partial charge in [0.2, 0.25) is 0 Å². The summed E-state index contributed by atoms with van der Waals surface area (Å²) < 4.78 is 16.9. The highest BCUT2D eigenvalue weighted by molar-refractivity contribution is 5.71. The van der Waals surface area contributed by atoms with Crippen molar-refractivity contribution in [2.75, 3.05) is 13.2 Å². The van der Waals surface area contributed by atoms with Crippen LogP contribution in [-0.4, -0.2) is 37.2 Å². The van der Waals surface area contributed by atoms with Gasteiger partial charge in [0.25, 0.3) is 0 Å². The van der Waals surface area contributed by atoms with Gasteiger partial charge in [-0.25, -0.2) is 0 Å². The fourth-order valence-electron chi connectivity index (χ4n) is 8.79. The van der Waals surface area contributed by atoms with E-state index in [1.807, 2.05) is 0 Å². The summed E-state index contributed by atoms with van der Waals surface area (Å²) in [5.41, 5.74) is 0. The van der Waals surface area contributed by atoms with E-state index in [1.54, 1.807) is 0 Å². The first-order chi connectivity index (χ1) is 39.0. The van der Waals surface area contributed by atoms with Gasteiger partial charge in [-0.2, -0.15) is 0 Å². The van der Waals surface area contributed by atoms with Gasteiger partial charge in [-0.05, 0) is 128 Å². The Kier molecular flexibility index (Phi) is 62.3. The molecule has 0 heterocycles. The van der Waals surface area contributed by atoms with Gasteiger partial charge in [0, 0.05) is 19.3 Å². The lowest BCUT2D eigenvalue weighted by Gasteiger charge is -2.18. The van der Waals surface area contributed by atoms with Gasteiger partial charge >= 0.3 is 17.9 Å². The molecule has 0 aliphatic carbocycles. The predicted molar refractivity (Wildman–Crippen MR) is 343 cm³/mol. The molecule has 448 valence electrons. The van der Waals surface area contributed by atoms with E-state index < -0.39 is 6.10 Å². The van der Waals surface area contributed by atoms with Crippen molar-refractivity contribution in [2.24, 2.45) is 0 Å². The van der Waals surface area contributed by atoms with Crippen molar-refractivity contribution in [3.05, 3.63) is 134 Å². The van der Waals surface area contributed by atoms with Crippen LogP contribution in [0.15, 0.2) is 134 Å². The number of hydrogen-bond acceptors (Lipinski definition) is 6. The molecule has 0 aromatic heterocycles. The van der Waals surface area contributed by atoms with Crippen molar-refractivity contribution in [3.8, 4) is 0 Å². The fourth-order valence-corrected chi connectivity index (χ4v) is 8.79. The Hall–Kier alpha value is -4.45. The van der Waals surface area contributed by atoms with Crippen LogP contribution < -0.4 is 0 Å². The molecule has 0 spiro atoms. The third-order valence-electron chi connectivity index (χ3n) is 13.6. The zero-order valence-corrected chi connectivity index (χ0v) is 51.3. The van der Waals surface area contributed by atoms with Crippen molar-refractivity contribution >= 4 is 17.9 Å². The third kappa shape index (κ3) is 64.3. The van der Waals surface area contributed by atoms with Gasteiger partial charge in [-0.1, -0.05) is 276 Å². The van der Waals surface area contributed by atoms with Crippen LogP contribution in [0.5, 0.6) is 0 Å². The highest BCUT2D eigenvalue weighted by atomic mass is 16.6. The van der Waals surface area contributed by atoms with Crippen LogP contribution in [0.4, 0.5) is 0 Å². The Labute approximate surface area is 487 Å². The highest BCUT2D eigenvalue weighted by Crippen LogP contribution is 2.16. The van der Waals surface area contributed by atoms with Crippen LogP contribution in [-0.2, 0) is 28.6 Å². The third-order valence-corrected chi connectivity index (χ3v) is 13.6. The molecule has 0 saturated heterocycles. The lowest BCUT2D eigenvalue weighted by molar-refractivity contribution is -0.167. The minimum absolute atomic E-state index is 0.0946. The zero-order chi connectivity index (χ0) is 57.1. The van der Waals surface area contributed by atoms with Gasteiger partial charge in [-0.3, -0.25) is 14.4 Å². The number of esters is 3. The van der Waals surface area contributed by atoms with E-state index >= 15 is 0 Å². The summed E-state index contributed by atoms with van der Waals surface area (Å²) in [6.45, 7) is 6.33. The van der Waals surface area contributed by atoms with Crippen LogP contribution in [0.1, 0.15) is 290 Å². The van der Waals surface area contributed by atoms with Crippen molar-refractivity contribution in [1.82, 2.24) is 0 Å². The first kappa shape index (κ1) is 74.5. The van der Waals surface area contributed by atoms with E-state index in [0.717, 1.165) is 161 Å². The lowest BCUT2D eigenvalue weighted by atomic mass is 10.0. The van der Waals surface area contributed by atoms with E-state index in [9.17, 15) is 14.4 Å². The summed E-state index contributed by atoms with van der Waals surface area (Å²) >= 11 is 0. The van der Waals surface area contributed by atoms with E-state index in [2.05, 4.69) is 154 Å². The Morgan fingerprint density at radius 1 is 0.266 bits per heavy atom. The van der Waals surface area contributed by atoms with Crippen molar-refractivity contribution in [2.45, 2.75) is 297 Å². The van der Waals surface area contributed by atoms with Crippen LogP contribution in [0.2, 0.25) is 0 Å². The Balaban J connectivity index is 4.26. The molecule has 0 aliphatic heterocycles. The predicted octanol–water partition coefficient (Wildman–Crippen LogP) is 22.5. The van der Waals surface area contributed by atoms with E-state index in [4.69, 9.17) is 14.2 Å². The first-order valence-electron chi connectivity index (χ1n) is 32.7. The maximum absolute atomic E-state index is 12.9. The van der Waals surface area contributed by atoms with Gasteiger partial charge in [0.1, 0.15) is 13.2 Å². The van der Waals surface area contributed by atoms with E-state index in [-0.39, 0.29) is 31.1 Å². The molecule has 6 nitrogen and oxygen atoms in total. The van der Waals surface area contributed by atoms with Crippen molar-refractivity contribution < 1.29 is 28.6 Å². The maximum Gasteiger partial charge on any atom is 0.306 e. The second-order valence-electron chi connectivity index (χ2n) is 21.3. The van der Waals surface area contributed by atoms with Gasteiger partial charge in [-0.15, -0.1) is 0 Å². The molecule has 0 saturated carbocycles. The molecule has 0 aliphatic rings. The molecule has 1 unspecified atom stereocenters. The summed E-state index contributed by atoms with van der Waals surface area (Å²) in [7, 11) is 0. The molecule has 0 bridgehead atoms. The van der Waals surface area contributed by atoms with E-state index in [1.165, 1.54) is 89.9 Å². The lowest BCUT2D eigenvalue weighted by Crippen LogP contribution is -2.30. The van der Waals surface area contributed by atoms with Gasteiger partial charge < -0.3 is 14.2 Å². The first-order valence-corrected chi connectivity index (χ1v) is 32.7. The quantitative estimate of drug-likeness (QED) is 0.0261. The molecular formula is C73H120O6. The number of carbonyl (C=O) groups excluding carboxylic acids is 3. The van der Waals surface area contributed by atoms with Crippen LogP contribution >= 0.6 is 0 Å². The van der Waals surface area contributed by atoms with Gasteiger partial charge in [0.05, 0.1) is 0 Å². The second-order valence-corrected chi connectivity index (χ2v) is 21.3. The molecule has 0 amide bonds. The maximum atomic E-state index is 12.9.